The number of hydrogen-bond donors (Lipinski definition) is 4. The summed E-state index contributed by atoms with van der Waals surface area (Å²) >= 11 is -2.79. The molecule has 0 saturated heterocycles. The molecule has 0 fully saturated rings. The first-order valence-corrected chi connectivity index (χ1v) is 6.05. The van der Waals surface area contributed by atoms with Crippen LogP contribution in [-0.4, -0.2) is 29.6 Å². The molecule has 6 heteroatoms. The number of carbonyl (C=O) groups excluding carboxylic acids is 1. The van der Waals surface area contributed by atoms with Gasteiger partial charge in [-0.1, -0.05) is 0 Å². The van der Waals surface area contributed by atoms with Gasteiger partial charge in [0.1, 0.15) is 0 Å². The van der Waals surface area contributed by atoms with Gasteiger partial charge in [-0.15, -0.1) is 0 Å². The summed E-state index contributed by atoms with van der Waals surface area (Å²) < 4.78 is 18.3. The van der Waals surface area contributed by atoms with Crippen LogP contribution < -0.4 is 15.4 Å². The van der Waals surface area contributed by atoms with Gasteiger partial charge in [-0.05, 0) is 0 Å². The van der Waals surface area contributed by atoms with Crippen LogP contribution in [0.25, 0.3) is 0 Å². The van der Waals surface area contributed by atoms with E-state index in [1.54, 1.807) is 24.3 Å². The van der Waals surface area contributed by atoms with Crippen LogP contribution in [0.1, 0.15) is 0 Å². The zero-order valence-electron chi connectivity index (χ0n) is 6.64. The molecule has 1 rings (SSSR count). The quantitative estimate of drug-likeness (QED) is 0.495. The Kier molecular flexibility index (Phi) is 3.31. The number of anilines is 1. The van der Waals surface area contributed by atoms with E-state index in [4.69, 9.17) is 13.9 Å². The van der Waals surface area contributed by atoms with Gasteiger partial charge in [0.2, 0.25) is 0 Å². The van der Waals surface area contributed by atoms with Crippen molar-refractivity contribution in [1.82, 2.24) is 0 Å². The van der Waals surface area contributed by atoms with Crippen LogP contribution in [0, 0.1) is 0 Å². The Hall–Kier alpha value is -1.03. The molecule has 0 spiro atoms. The molecule has 0 radical (unpaired) electrons. The SMILES string of the molecule is NC(=O)Nc1ccc([As](O)O)cc1. The van der Waals surface area contributed by atoms with E-state index in [2.05, 4.69) is 5.32 Å². The molecule has 0 bridgehead atoms. The molecule has 0 aliphatic heterocycles. The summed E-state index contributed by atoms with van der Waals surface area (Å²) in [6.45, 7) is 0. The second kappa shape index (κ2) is 4.27. The fraction of sp³-hybridized carbons (Fsp3) is 0. The Morgan fingerprint density at radius 3 is 2.23 bits per heavy atom. The molecule has 70 valence electrons. The maximum atomic E-state index is 10.4. The Morgan fingerprint density at radius 2 is 1.85 bits per heavy atom. The van der Waals surface area contributed by atoms with Crippen molar-refractivity contribution in [2.75, 3.05) is 5.32 Å². The van der Waals surface area contributed by atoms with Crippen LogP contribution in [0.2, 0.25) is 0 Å². The van der Waals surface area contributed by atoms with E-state index in [0.717, 1.165) is 0 Å². The Bertz CT molecular complexity index is 299. The molecule has 0 aliphatic rings. The molecule has 0 aliphatic carbocycles. The molecule has 1 aromatic carbocycles. The van der Waals surface area contributed by atoms with Crippen molar-refractivity contribution in [3.8, 4) is 0 Å². The Morgan fingerprint density at radius 1 is 1.31 bits per heavy atom. The van der Waals surface area contributed by atoms with Crippen LogP contribution in [-0.2, 0) is 0 Å². The van der Waals surface area contributed by atoms with Crippen LogP contribution in [0.5, 0.6) is 0 Å². The third kappa shape index (κ3) is 3.06. The summed E-state index contributed by atoms with van der Waals surface area (Å²) in [6, 6.07) is 5.58. The van der Waals surface area contributed by atoms with Gasteiger partial charge in [0.15, 0.2) is 0 Å². The first kappa shape index (κ1) is 10.1. The topological polar surface area (TPSA) is 95.6 Å². The van der Waals surface area contributed by atoms with Crippen LogP contribution in [0.15, 0.2) is 24.3 Å². The monoisotopic (exact) mass is 244 g/mol. The van der Waals surface area contributed by atoms with E-state index in [-0.39, 0.29) is 0 Å². The molecule has 0 atom stereocenters. The third-order valence-electron chi connectivity index (χ3n) is 1.37. The molecule has 5 N–H and O–H groups in total. The van der Waals surface area contributed by atoms with Gasteiger partial charge in [-0.2, -0.15) is 0 Å². The molecule has 0 unspecified atom stereocenters. The fourth-order valence-corrected chi connectivity index (χ4v) is 1.69. The molecule has 5 nitrogen and oxygen atoms in total. The van der Waals surface area contributed by atoms with Crippen LogP contribution in [0.4, 0.5) is 10.5 Å². The zero-order valence-corrected chi connectivity index (χ0v) is 8.51. The summed E-state index contributed by atoms with van der Waals surface area (Å²) in [5.74, 6) is 0. The molecule has 0 saturated carbocycles. The predicted molar refractivity (Wildman–Crippen MR) is 49.5 cm³/mol. The van der Waals surface area contributed by atoms with Crippen LogP contribution >= 0.6 is 0 Å². The Labute approximate surface area is 80.1 Å². The van der Waals surface area contributed by atoms with Gasteiger partial charge < -0.3 is 0 Å². The van der Waals surface area contributed by atoms with Crippen molar-refractivity contribution in [3.63, 3.8) is 0 Å². The van der Waals surface area contributed by atoms with Gasteiger partial charge in [0.05, 0.1) is 0 Å². The summed E-state index contributed by atoms with van der Waals surface area (Å²) in [4.78, 5) is 10.4. The van der Waals surface area contributed by atoms with Gasteiger partial charge in [-0.25, -0.2) is 0 Å². The number of nitrogens with two attached hydrogens (primary N) is 1. The van der Waals surface area contributed by atoms with E-state index in [1.807, 2.05) is 0 Å². The number of urea groups is 1. The van der Waals surface area contributed by atoms with E-state index in [1.165, 1.54) is 0 Å². The normalized spacial score (nSPS) is 10.1. The molecular formula is C7H9AsN2O3. The minimum atomic E-state index is -2.79. The number of benzene rings is 1. The molecular weight excluding hydrogens is 235 g/mol. The Balaban J connectivity index is 2.75. The zero-order chi connectivity index (χ0) is 9.84. The van der Waals surface area contributed by atoms with Crippen molar-refractivity contribution in [2.24, 2.45) is 5.73 Å². The first-order valence-electron chi connectivity index (χ1n) is 3.44. The van der Waals surface area contributed by atoms with Gasteiger partial charge in [-0.3, -0.25) is 0 Å². The van der Waals surface area contributed by atoms with E-state index < -0.39 is 21.4 Å². The van der Waals surface area contributed by atoms with Crippen molar-refractivity contribution in [3.05, 3.63) is 24.3 Å². The first-order chi connectivity index (χ1) is 6.09. The van der Waals surface area contributed by atoms with E-state index in [9.17, 15) is 4.79 Å². The summed E-state index contributed by atoms with van der Waals surface area (Å²) in [5, 5.41) is 2.36. The molecule has 1 aromatic rings. The fourth-order valence-electron chi connectivity index (χ4n) is 0.820. The second-order valence-corrected chi connectivity index (χ2v) is 4.62. The van der Waals surface area contributed by atoms with Crippen molar-refractivity contribution in [1.29, 1.82) is 0 Å². The summed E-state index contributed by atoms with van der Waals surface area (Å²) in [6.07, 6.45) is 0. The summed E-state index contributed by atoms with van der Waals surface area (Å²) in [5.41, 5.74) is 5.42. The average Bonchev–Trinajstić information content (AvgIpc) is 2.04. The predicted octanol–water partition coefficient (Wildman–Crippen LogP) is -1.14. The van der Waals surface area contributed by atoms with Crippen molar-refractivity contribution in [2.45, 2.75) is 0 Å². The number of nitrogens with one attached hydrogen (secondary N) is 1. The van der Waals surface area contributed by atoms with E-state index >= 15 is 0 Å². The number of rotatable bonds is 2. The third-order valence-corrected chi connectivity index (χ3v) is 2.96. The number of hydrogen-bond acceptors (Lipinski definition) is 3. The summed E-state index contributed by atoms with van der Waals surface area (Å²) in [7, 11) is 0. The van der Waals surface area contributed by atoms with Crippen molar-refractivity contribution < 1.29 is 13.0 Å². The maximum absolute atomic E-state index is 10.4. The van der Waals surface area contributed by atoms with Gasteiger partial charge >= 0.3 is 79.7 Å². The average molecular weight is 244 g/mol. The molecule has 2 amide bonds. The molecule has 0 heterocycles. The molecule has 13 heavy (non-hydrogen) atoms. The number of primary amides is 1. The van der Waals surface area contributed by atoms with E-state index in [0.29, 0.717) is 10.0 Å². The van der Waals surface area contributed by atoms with Gasteiger partial charge in [0.25, 0.3) is 0 Å². The number of amides is 2. The second-order valence-electron chi connectivity index (χ2n) is 2.33. The van der Waals surface area contributed by atoms with Crippen molar-refractivity contribution >= 4 is 31.4 Å². The number of carbonyl (C=O) groups is 1. The minimum absolute atomic E-state index is 0.502. The van der Waals surface area contributed by atoms with Crippen LogP contribution in [0.3, 0.4) is 0 Å². The van der Waals surface area contributed by atoms with Gasteiger partial charge in [0, 0.05) is 0 Å². The molecule has 0 aromatic heterocycles. The standard InChI is InChI=1S/C7H9AsN2O3/c9-7(11)10-6-3-1-5(2-4-6)8(12)13/h1-4,12-13H,(H3,9,10,11).